The molecule has 1 rings (SSSR count). The number of carboxylic acids is 1. The smallest absolute Gasteiger partial charge is 0.305 e. The predicted octanol–water partition coefficient (Wildman–Crippen LogP) is 4.66. The van der Waals surface area contributed by atoms with E-state index < -0.39 is 25.3 Å². The van der Waals surface area contributed by atoms with Crippen LogP contribution in [0.25, 0.3) is 0 Å². The first-order chi connectivity index (χ1) is 10.8. The predicted molar refractivity (Wildman–Crippen MR) is 96.1 cm³/mol. The molecule has 1 unspecified atom stereocenters. The molecule has 24 heavy (non-hydrogen) atoms. The molecule has 0 saturated carbocycles. The highest BCUT2D eigenvalue weighted by Crippen LogP contribution is 2.38. The summed E-state index contributed by atoms with van der Waals surface area (Å²) in [6, 6.07) is 4.29. The summed E-state index contributed by atoms with van der Waals surface area (Å²) in [5.41, 5.74) is 0.311. The highest BCUT2D eigenvalue weighted by Gasteiger charge is 2.39. The van der Waals surface area contributed by atoms with E-state index in [1.807, 2.05) is 13.1 Å². The Morgan fingerprint density at radius 2 is 2.00 bits per heavy atom. The van der Waals surface area contributed by atoms with Gasteiger partial charge in [-0.2, -0.15) is 0 Å². The Morgan fingerprint density at radius 3 is 2.46 bits per heavy atom. The van der Waals surface area contributed by atoms with E-state index in [0.717, 1.165) is 0 Å². The molecule has 1 atom stereocenters. The average Bonchev–Trinajstić information content (AvgIpc) is 2.35. The molecule has 0 aromatic heterocycles. The van der Waals surface area contributed by atoms with Crippen LogP contribution in [-0.2, 0) is 15.6 Å². The summed E-state index contributed by atoms with van der Waals surface area (Å²) in [7, 11) is -2.21. The molecule has 6 nitrogen and oxygen atoms in total. The van der Waals surface area contributed by atoms with E-state index >= 15 is 0 Å². The molecule has 0 aliphatic rings. The van der Waals surface area contributed by atoms with Gasteiger partial charge in [-0.1, -0.05) is 32.4 Å². The Balaban J connectivity index is 3.14. The molecule has 0 bridgehead atoms. The normalized spacial score (nSPS) is 13.6. The number of nitro benzene ring substituents is 1. The summed E-state index contributed by atoms with van der Waals surface area (Å²) in [6.07, 6.45) is -0.716. The monoisotopic (exact) mass is 373 g/mol. The first kappa shape index (κ1) is 20.6. The third-order valence-corrected chi connectivity index (χ3v) is 9.13. The summed E-state index contributed by atoms with van der Waals surface area (Å²) < 4.78 is 6.18. The lowest BCUT2D eigenvalue weighted by Crippen LogP contribution is -2.45. The van der Waals surface area contributed by atoms with E-state index in [2.05, 4.69) is 20.8 Å². The highest BCUT2D eigenvalue weighted by molar-refractivity contribution is 6.74. The van der Waals surface area contributed by atoms with Gasteiger partial charge in [0.05, 0.1) is 17.4 Å². The molecule has 0 amide bonds. The van der Waals surface area contributed by atoms with Gasteiger partial charge in [0, 0.05) is 23.1 Å². The maximum atomic E-state index is 11.2. The van der Waals surface area contributed by atoms with E-state index in [1.54, 1.807) is 0 Å². The maximum Gasteiger partial charge on any atom is 0.305 e. The zero-order valence-corrected chi connectivity index (χ0v) is 16.4. The van der Waals surface area contributed by atoms with E-state index in [-0.39, 0.29) is 23.6 Å². The molecule has 1 aromatic carbocycles. The van der Waals surface area contributed by atoms with Crippen LogP contribution in [0.3, 0.4) is 0 Å². The SMILES string of the molecule is CC(C)(C)[Si](C)(C)OC(CC(=O)O)Cc1cc(Cl)ccc1[N+](=O)[O-]. The van der Waals surface area contributed by atoms with Crippen molar-refractivity contribution in [2.45, 2.75) is 57.8 Å². The minimum Gasteiger partial charge on any atom is -0.481 e. The van der Waals surface area contributed by atoms with Crippen LogP contribution in [0.4, 0.5) is 5.69 Å². The molecule has 0 radical (unpaired) electrons. The number of carbonyl (C=O) groups is 1. The summed E-state index contributed by atoms with van der Waals surface area (Å²) in [5.74, 6) is -0.997. The maximum absolute atomic E-state index is 11.2. The minimum absolute atomic E-state index is 0.0754. The van der Waals surface area contributed by atoms with Gasteiger partial charge in [-0.25, -0.2) is 0 Å². The summed E-state index contributed by atoms with van der Waals surface area (Å²) >= 11 is 5.95. The molecule has 0 spiro atoms. The fourth-order valence-corrected chi connectivity index (χ4v) is 3.63. The average molecular weight is 374 g/mol. The fourth-order valence-electron chi connectivity index (χ4n) is 2.08. The van der Waals surface area contributed by atoms with Crippen molar-refractivity contribution in [2.24, 2.45) is 0 Å². The summed E-state index contributed by atoms with van der Waals surface area (Å²) in [4.78, 5) is 21.9. The number of hydrogen-bond acceptors (Lipinski definition) is 4. The lowest BCUT2D eigenvalue weighted by molar-refractivity contribution is -0.385. The van der Waals surface area contributed by atoms with Gasteiger partial charge in [0.1, 0.15) is 0 Å². The van der Waals surface area contributed by atoms with E-state index in [4.69, 9.17) is 16.0 Å². The van der Waals surface area contributed by atoms with Gasteiger partial charge in [-0.05, 0) is 30.3 Å². The zero-order valence-electron chi connectivity index (χ0n) is 14.6. The third-order valence-electron chi connectivity index (χ3n) is 4.36. The summed E-state index contributed by atoms with van der Waals surface area (Å²) in [5, 5.41) is 20.6. The number of nitro groups is 1. The topological polar surface area (TPSA) is 89.7 Å². The molecule has 1 N–H and O–H groups in total. The number of rotatable bonds is 7. The number of benzene rings is 1. The van der Waals surface area contributed by atoms with E-state index in [9.17, 15) is 20.0 Å². The molecule has 1 aromatic rings. The Labute approximate surface area is 148 Å². The lowest BCUT2D eigenvalue weighted by Gasteiger charge is -2.39. The molecule has 0 heterocycles. The Morgan fingerprint density at radius 1 is 1.42 bits per heavy atom. The van der Waals surface area contributed by atoms with Gasteiger partial charge in [0.15, 0.2) is 8.32 Å². The standard InChI is InChI=1S/C16H24ClNO5Si/c1-16(2,3)24(4,5)23-13(10-15(19)20)9-11-8-12(17)6-7-14(11)18(21)22/h6-8,13H,9-10H2,1-5H3,(H,19,20). The molecule has 0 aliphatic carbocycles. The number of hydrogen-bond donors (Lipinski definition) is 1. The highest BCUT2D eigenvalue weighted by atomic mass is 35.5. The minimum atomic E-state index is -2.21. The first-order valence-electron chi connectivity index (χ1n) is 7.66. The Kier molecular flexibility index (Phi) is 6.55. The van der Waals surface area contributed by atoms with Crippen LogP contribution < -0.4 is 0 Å². The molecule has 0 aliphatic heterocycles. The van der Waals surface area contributed by atoms with Crippen LogP contribution in [0, 0.1) is 10.1 Å². The number of carboxylic acid groups (broad SMARTS) is 1. The molecule has 134 valence electrons. The quantitative estimate of drug-likeness (QED) is 0.426. The molecule has 0 saturated heterocycles. The number of halogens is 1. The van der Waals surface area contributed by atoms with Crippen LogP contribution in [0.15, 0.2) is 18.2 Å². The van der Waals surface area contributed by atoms with Crippen molar-refractivity contribution >= 4 is 31.6 Å². The summed E-state index contributed by atoms with van der Waals surface area (Å²) in [6.45, 7) is 10.2. The van der Waals surface area contributed by atoms with Crippen LogP contribution >= 0.6 is 11.6 Å². The van der Waals surface area contributed by atoms with Crippen molar-refractivity contribution in [1.29, 1.82) is 0 Å². The van der Waals surface area contributed by atoms with Gasteiger partial charge < -0.3 is 9.53 Å². The van der Waals surface area contributed by atoms with Crippen LogP contribution in [0.5, 0.6) is 0 Å². The Hall–Kier alpha value is -1.44. The van der Waals surface area contributed by atoms with E-state index in [0.29, 0.717) is 10.6 Å². The lowest BCUT2D eigenvalue weighted by atomic mass is 10.0. The van der Waals surface area contributed by atoms with Gasteiger partial charge in [-0.3, -0.25) is 14.9 Å². The largest absolute Gasteiger partial charge is 0.481 e. The first-order valence-corrected chi connectivity index (χ1v) is 10.9. The second-order valence-electron chi connectivity index (χ2n) is 7.33. The van der Waals surface area contributed by atoms with Crippen molar-refractivity contribution in [2.75, 3.05) is 0 Å². The van der Waals surface area contributed by atoms with Crippen molar-refractivity contribution in [1.82, 2.24) is 0 Å². The van der Waals surface area contributed by atoms with Crippen molar-refractivity contribution < 1.29 is 19.3 Å². The second-order valence-corrected chi connectivity index (χ2v) is 12.5. The van der Waals surface area contributed by atoms with Crippen LogP contribution in [-0.4, -0.2) is 30.4 Å². The number of nitrogens with zero attached hydrogens (tertiary/aromatic N) is 1. The molecule has 0 fully saturated rings. The van der Waals surface area contributed by atoms with Crippen LogP contribution in [0.2, 0.25) is 23.2 Å². The second kappa shape index (κ2) is 7.63. The van der Waals surface area contributed by atoms with Gasteiger partial charge in [0.2, 0.25) is 0 Å². The third kappa shape index (κ3) is 5.57. The molecular weight excluding hydrogens is 350 g/mol. The van der Waals surface area contributed by atoms with Crippen molar-refractivity contribution in [3.05, 3.63) is 38.9 Å². The van der Waals surface area contributed by atoms with Crippen molar-refractivity contribution in [3.63, 3.8) is 0 Å². The number of aliphatic carboxylic acids is 1. The van der Waals surface area contributed by atoms with Gasteiger partial charge >= 0.3 is 5.97 Å². The molecule has 8 heteroatoms. The Bertz CT molecular complexity index is 627. The van der Waals surface area contributed by atoms with Gasteiger partial charge in [-0.15, -0.1) is 0 Å². The van der Waals surface area contributed by atoms with Crippen LogP contribution in [0.1, 0.15) is 32.8 Å². The van der Waals surface area contributed by atoms with Gasteiger partial charge in [0.25, 0.3) is 5.69 Å². The fraction of sp³-hybridized carbons (Fsp3) is 0.562. The van der Waals surface area contributed by atoms with Crippen molar-refractivity contribution in [3.8, 4) is 0 Å². The zero-order chi connectivity index (χ0) is 18.7. The molecular formula is C16H24ClNO5Si. The van der Waals surface area contributed by atoms with E-state index in [1.165, 1.54) is 18.2 Å².